The summed E-state index contributed by atoms with van der Waals surface area (Å²) in [5, 5.41) is 3.18. The quantitative estimate of drug-likeness (QED) is 0.409. The van der Waals surface area contributed by atoms with Crippen LogP contribution in [0.2, 0.25) is 0 Å². The predicted octanol–water partition coefficient (Wildman–Crippen LogP) is 3.67. The average Bonchev–Trinajstić information content (AvgIpc) is 3.17. The fraction of sp³-hybridized carbons (Fsp3) is 0.273. The van der Waals surface area contributed by atoms with Crippen LogP contribution in [0.5, 0.6) is 0 Å². The Morgan fingerprint density at radius 1 is 1.09 bits per heavy atom. The molecule has 11 heteroatoms. The number of benzene rings is 2. The lowest BCUT2D eigenvalue weighted by molar-refractivity contribution is -0.144. The molecule has 0 atom stereocenters. The normalized spacial score (nSPS) is 12.2. The number of imidazole rings is 1. The number of nitrogens with one attached hydrogen (secondary N) is 3. The minimum Gasteiger partial charge on any atom is -0.334 e. The van der Waals surface area contributed by atoms with Gasteiger partial charge in [-0.05, 0) is 44.2 Å². The lowest BCUT2D eigenvalue weighted by Crippen LogP contribution is -2.38. The van der Waals surface area contributed by atoms with Crippen LogP contribution in [0.15, 0.2) is 47.3 Å². The van der Waals surface area contributed by atoms with E-state index in [4.69, 9.17) is 0 Å². The van der Waals surface area contributed by atoms with Crippen LogP contribution >= 0.6 is 0 Å². The summed E-state index contributed by atoms with van der Waals surface area (Å²) in [6, 6.07) is 11.2. The molecule has 2 heterocycles. The van der Waals surface area contributed by atoms with Gasteiger partial charge in [0.25, 0.3) is 5.56 Å². The van der Waals surface area contributed by atoms with E-state index >= 15 is 0 Å². The Balaban J connectivity index is 1.48. The molecular formula is C22H21F3N6O2. The highest BCUT2D eigenvalue weighted by atomic mass is 19.4. The number of hydrogen-bond donors (Lipinski definition) is 3. The maximum absolute atomic E-state index is 12.8. The smallest absolute Gasteiger partial charge is 0.334 e. The van der Waals surface area contributed by atoms with Crippen LogP contribution in [0.4, 0.5) is 18.9 Å². The maximum Gasteiger partial charge on any atom is 0.449 e. The number of alkyl halides is 3. The van der Waals surface area contributed by atoms with E-state index in [1.165, 1.54) is 18.2 Å². The SMILES string of the molecule is CC(C)N(CC(=O)Nc1ccc2nc(C(F)(F)F)[nH]c2c1)Cc1nc2ccccc2c(=O)[nH]1. The molecule has 0 bridgehead atoms. The van der Waals surface area contributed by atoms with Crippen molar-refractivity contribution in [1.29, 1.82) is 0 Å². The standard InChI is InChI=1S/C22H21F3N6O2/c1-12(2)31(10-18-27-15-6-4-3-5-14(15)20(33)30-18)11-19(32)26-13-7-8-16-17(9-13)29-21(28-16)22(23,24)25/h3-9,12H,10-11H2,1-2H3,(H,26,32)(H,28,29)(H,27,30,33). The predicted molar refractivity (Wildman–Crippen MR) is 118 cm³/mol. The summed E-state index contributed by atoms with van der Waals surface area (Å²) >= 11 is 0. The van der Waals surface area contributed by atoms with E-state index in [0.717, 1.165) is 0 Å². The largest absolute Gasteiger partial charge is 0.449 e. The fourth-order valence-corrected chi connectivity index (χ4v) is 3.43. The zero-order valence-electron chi connectivity index (χ0n) is 17.8. The molecule has 0 unspecified atom stereocenters. The second-order valence-electron chi connectivity index (χ2n) is 7.89. The zero-order valence-corrected chi connectivity index (χ0v) is 17.8. The first-order valence-corrected chi connectivity index (χ1v) is 10.2. The van der Waals surface area contributed by atoms with Crippen LogP contribution in [0, 0.1) is 0 Å². The highest BCUT2D eigenvalue weighted by Crippen LogP contribution is 2.29. The maximum atomic E-state index is 12.8. The van der Waals surface area contributed by atoms with Crippen LogP contribution in [-0.4, -0.2) is 43.3 Å². The number of hydrogen-bond acceptors (Lipinski definition) is 5. The van der Waals surface area contributed by atoms with Crippen LogP contribution in [0.25, 0.3) is 21.9 Å². The first kappa shape index (κ1) is 22.5. The van der Waals surface area contributed by atoms with E-state index in [0.29, 0.717) is 22.4 Å². The van der Waals surface area contributed by atoms with Gasteiger partial charge in [0, 0.05) is 11.7 Å². The molecule has 0 spiro atoms. The van der Waals surface area contributed by atoms with Gasteiger partial charge in [-0.1, -0.05) is 12.1 Å². The number of aromatic amines is 2. The molecule has 0 radical (unpaired) electrons. The van der Waals surface area contributed by atoms with E-state index in [1.807, 2.05) is 18.7 Å². The molecule has 3 N–H and O–H groups in total. The molecule has 0 aliphatic heterocycles. The number of halogens is 3. The summed E-state index contributed by atoms with van der Waals surface area (Å²) in [5.74, 6) is -1.02. The summed E-state index contributed by atoms with van der Waals surface area (Å²) in [6.45, 7) is 4.03. The van der Waals surface area contributed by atoms with Gasteiger partial charge in [-0.25, -0.2) is 9.97 Å². The monoisotopic (exact) mass is 458 g/mol. The van der Waals surface area contributed by atoms with E-state index < -0.39 is 12.0 Å². The van der Waals surface area contributed by atoms with Gasteiger partial charge >= 0.3 is 6.18 Å². The topological polar surface area (TPSA) is 107 Å². The van der Waals surface area contributed by atoms with Crippen LogP contribution in [0.1, 0.15) is 25.5 Å². The third-order valence-electron chi connectivity index (χ3n) is 5.13. The molecule has 8 nitrogen and oxygen atoms in total. The minimum atomic E-state index is -4.59. The van der Waals surface area contributed by atoms with Crippen LogP contribution < -0.4 is 10.9 Å². The van der Waals surface area contributed by atoms with Gasteiger partial charge < -0.3 is 15.3 Å². The highest BCUT2D eigenvalue weighted by Gasteiger charge is 2.34. The highest BCUT2D eigenvalue weighted by molar-refractivity contribution is 5.94. The number of aromatic nitrogens is 4. The molecule has 172 valence electrons. The summed E-state index contributed by atoms with van der Waals surface area (Å²) in [5.41, 5.74) is 0.963. The number of amides is 1. The molecule has 0 saturated carbocycles. The Labute approximate surface area is 185 Å². The molecule has 0 aliphatic carbocycles. The molecule has 0 aliphatic rings. The number of nitrogens with zero attached hydrogens (tertiary/aromatic N) is 3. The third-order valence-corrected chi connectivity index (χ3v) is 5.13. The van der Waals surface area contributed by atoms with Gasteiger partial charge in [0.15, 0.2) is 0 Å². The van der Waals surface area contributed by atoms with E-state index in [2.05, 4.69) is 25.3 Å². The van der Waals surface area contributed by atoms with Crippen molar-refractivity contribution in [3.05, 3.63) is 64.5 Å². The summed E-state index contributed by atoms with van der Waals surface area (Å²) in [6.07, 6.45) is -4.59. The molecule has 0 saturated heterocycles. The van der Waals surface area contributed by atoms with Crippen LogP contribution in [0.3, 0.4) is 0 Å². The number of fused-ring (bicyclic) bond motifs is 2. The minimum absolute atomic E-state index is 0.0109. The van der Waals surface area contributed by atoms with Crippen molar-refractivity contribution >= 4 is 33.5 Å². The summed E-state index contributed by atoms with van der Waals surface area (Å²) in [7, 11) is 0. The Bertz CT molecular complexity index is 1380. The molecule has 0 fully saturated rings. The van der Waals surface area contributed by atoms with Gasteiger partial charge in [-0.3, -0.25) is 14.5 Å². The first-order valence-electron chi connectivity index (χ1n) is 10.2. The van der Waals surface area contributed by atoms with E-state index in [1.54, 1.807) is 24.3 Å². The van der Waals surface area contributed by atoms with Crippen molar-refractivity contribution in [2.24, 2.45) is 0 Å². The molecule has 2 aromatic heterocycles. The lowest BCUT2D eigenvalue weighted by atomic mass is 10.2. The van der Waals surface area contributed by atoms with Crippen molar-refractivity contribution in [3.8, 4) is 0 Å². The molecule has 4 aromatic rings. The number of carbonyl (C=O) groups is 1. The Hall–Kier alpha value is -3.73. The number of para-hydroxylation sites is 1. The van der Waals surface area contributed by atoms with Crippen molar-refractivity contribution in [1.82, 2.24) is 24.8 Å². The number of anilines is 1. The summed E-state index contributed by atoms with van der Waals surface area (Å²) < 4.78 is 38.5. The third kappa shape index (κ3) is 5.03. The molecule has 2 aromatic carbocycles. The van der Waals surface area contributed by atoms with Crippen molar-refractivity contribution in [3.63, 3.8) is 0 Å². The number of H-pyrrole nitrogens is 2. The lowest BCUT2D eigenvalue weighted by Gasteiger charge is -2.25. The second-order valence-corrected chi connectivity index (χ2v) is 7.89. The van der Waals surface area contributed by atoms with Gasteiger partial charge in [-0.2, -0.15) is 13.2 Å². The van der Waals surface area contributed by atoms with Crippen molar-refractivity contribution < 1.29 is 18.0 Å². The average molecular weight is 458 g/mol. The van der Waals surface area contributed by atoms with Gasteiger partial charge in [0.05, 0.1) is 35.0 Å². The Morgan fingerprint density at radius 2 is 1.85 bits per heavy atom. The van der Waals surface area contributed by atoms with Gasteiger partial charge in [0.2, 0.25) is 11.7 Å². The zero-order chi connectivity index (χ0) is 23.8. The van der Waals surface area contributed by atoms with Crippen LogP contribution in [-0.2, 0) is 17.5 Å². The Kier molecular flexibility index (Phi) is 5.90. The molecular weight excluding hydrogens is 437 g/mol. The van der Waals surface area contributed by atoms with Gasteiger partial charge in [-0.15, -0.1) is 0 Å². The molecule has 33 heavy (non-hydrogen) atoms. The van der Waals surface area contributed by atoms with Crippen molar-refractivity contribution in [2.75, 3.05) is 11.9 Å². The van der Waals surface area contributed by atoms with E-state index in [-0.39, 0.29) is 41.6 Å². The number of carbonyl (C=O) groups excluding carboxylic acids is 1. The van der Waals surface area contributed by atoms with E-state index in [9.17, 15) is 22.8 Å². The van der Waals surface area contributed by atoms with Crippen molar-refractivity contribution in [2.45, 2.75) is 32.6 Å². The molecule has 4 rings (SSSR count). The Morgan fingerprint density at radius 3 is 2.58 bits per heavy atom. The fourth-order valence-electron chi connectivity index (χ4n) is 3.43. The summed E-state index contributed by atoms with van der Waals surface area (Å²) in [4.78, 5) is 39.7. The first-order chi connectivity index (χ1) is 15.6. The second kappa shape index (κ2) is 8.66. The van der Waals surface area contributed by atoms with Gasteiger partial charge in [0.1, 0.15) is 5.82 Å². The molecule has 1 amide bonds. The number of rotatable bonds is 6.